The second-order valence-electron chi connectivity index (χ2n) is 6.18. The van der Waals surface area contributed by atoms with Gasteiger partial charge < -0.3 is 15.2 Å². The van der Waals surface area contributed by atoms with Crippen molar-refractivity contribution >= 4 is 17.4 Å². The number of hydrogen-bond donors (Lipinski definition) is 2. The van der Waals surface area contributed by atoms with Crippen molar-refractivity contribution in [2.45, 2.75) is 58.2 Å². The molecule has 1 aliphatic rings. The summed E-state index contributed by atoms with van der Waals surface area (Å²) in [6, 6.07) is 2.08. The number of carbonyl (C=O) groups is 1. The minimum Gasteiger partial charge on any atom is -0.444 e. The zero-order chi connectivity index (χ0) is 14.8. The average Bonchev–Trinajstić information content (AvgIpc) is 2.71. The highest BCUT2D eigenvalue weighted by atomic mass is 32.1. The van der Waals surface area contributed by atoms with Crippen molar-refractivity contribution < 1.29 is 14.6 Å². The molecule has 0 bridgehead atoms. The summed E-state index contributed by atoms with van der Waals surface area (Å²) in [5, 5.41) is 12.7. The molecule has 2 N–H and O–H groups in total. The number of thiophene rings is 1. The van der Waals surface area contributed by atoms with Crippen LogP contribution in [0.2, 0.25) is 0 Å². The Labute approximate surface area is 124 Å². The number of aliphatic hydroxyl groups excluding tert-OH is 1. The van der Waals surface area contributed by atoms with Gasteiger partial charge in [0.05, 0.1) is 6.10 Å². The van der Waals surface area contributed by atoms with Crippen molar-refractivity contribution in [2.24, 2.45) is 0 Å². The fraction of sp³-hybridized carbons (Fsp3) is 0.667. The Hall–Kier alpha value is -1.07. The van der Waals surface area contributed by atoms with Crippen LogP contribution in [0.5, 0.6) is 0 Å². The summed E-state index contributed by atoms with van der Waals surface area (Å²) in [6.07, 6.45) is 3.09. The third-order valence-corrected chi connectivity index (χ3v) is 4.44. The Bertz CT molecular complexity index is 476. The lowest BCUT2D eigenvalue weighted by atomic mass is 9.96. The van der Waals surface area contributed by atoms with Gasteiger partial charge in [0.25, 0.3) is 0 Å². The molecule has 4 nitrogen and oxygen atoms in total. The molecule has 0 aliphatic heterocycles. The second kappa shape index (κ2) is 6.14. The van der Waals surface area contributed by atoms with Gasteiger partial charge in [-0.15, -0.1) is 11.3 Å². The van der Waals surface area contributed by atoms with Gasteiger partial charge in [-0.2, -0.15) is 0 Å². The summed E-state index contributed by atoms with van der Waals surface area (Å²) in [6.45, 7) is 6.11. The lowest BCUT2D eigenvalue weighted by Crippen LogP contribution is -2.33. The van der Waals surface area contributed by atoms with Crippen LogP contribution in [-0.4, -0.2) is 23.3 Å². The number of hydrogen-bond acceptors (Lipinski definition) is 4. The maximum atomic E-state index is 11.5. The molecule has 1 heterocycles. The minimum absolute atomic E-state index is 0.303. The number of aliphatic hydroxyl groups is 1. The summed E-state index contributed by atoms with van der Waals surface area (Å²) in [5.74, 6) is 0. The second-order valence-corrected chi connectivity index (χ2v) is 7.40. The molecule has 112 valence electrons. The molecule has 5 heteroatoms. The Kier molecular flexibility index (Phi) is 4.70. The normalized spacial score (nSPS) is 18.5. The first-order valence-electron chi connectivity index (χ1n) is 7.11. The summed E-state index contributed by atoms with van der Waals surface area (Å²) in [5.41, 5.74) is 0.629. The molecule has 0 aromatic carbocycles. The first kappa shape index (κ1) is 15.3. The smallest absolute Gasteiger partial charge is 0.407 e. The topological polar surface area (TPSA) is 58.6 Å². The van der Waals surface area contributed by atoms with Crippen LogP contribution < -0.4 is 5.32 Å². The van der Waals surface area contributed by atoms with Gasteiger partial charge in [0, 0.05) is 16.3 Å². The fourth-order valence-electron chi connectivity index (χ4n) is 2.31. The van der Waals surface area contributed by atoms with E-state index < -0.39 is 5.60 Å². The molecule has 0 saturated heterocycles. The van der Waals surface area contributed by atoms with Gasteiger partial charge in [-0.3, -0.25) is 0 Å². The summed E-state index contributed by atoms with van der Waals surface area (Å²) >= 11 is 1.75. The van der Waals surface area contributed by atoms with E-state index in [0.29, 0.717) is 6.54 Å². The highest BCUT2D eigenvalue weighted by Crippen LogP contribution is 2.35. The number of aryl methyl sites for hydroxylation is 1. The average molecular weight is 297 g/mol. The zero-order valence-corrected chi connectivity index (χ0v) is 13.2. The summed E-state index contributed by atoms with van der Waals surface area (Å²) < 4.78 is 5.19. The van der Waals surface area contributed by atoms with Gasteiger partial charge in [0.2, 0.25) is 0 Å². The molecule has 1 aliphatic carbocycles. The van der Waals surface area contributed by atoms with E-state index in [9.17, 15) is 9.90 Å². The standard InChI is InChI=1S/C15H23NO3S/c1-15(2,3)19-14(18)16-8-7-10-9-11-12(17)5-4-6-13(11)20-10/h9,12,17H,4-8H2,1-3H3,(H,16,18). The highest BCUT2D eigenvalue weighted by molar-refractivity contribution is 7.12. The molecule has 0 fully saturated rings. The van der Waals surface area contributed by atoms with E-state index in [1.807, 2.05) is 20.8 Å². The Balaban J connectivity index is 1.82. The number of alkyl carbamates (subject to hydrolysis) is 1. The Morgan fingerprint density at radius 1 is 1.55 bits per heavy atom. The largest absolute Gasteiger partial charge is 0.444 e. The summed E-state index contributed by atoms with van der Waals surface area (Å²) in [4.78, 5) is 14.0. The molecule has 1 aromatic rings. The maximum absolute atomic E-state index is 11.5. The van der Waals surface area contributed by atoms with Gasteiger partial charge in [0.15, 0.2) is 0 Å². The fourth-order valence-corrected chi connectivity index (χ4v) is 3.58. The molecule has 0 radical (unpaired) electrons. The Morgan fingerprint density at radius 2 is 2.30 bits per heavy atom. The molecule has 1 unspecified atom stereocenters. The van der Waals surface area contributed by atoms with Crippen LogP contribution in [0, 0.1) is 0 Å². The number of amides is 1. The van der Waals surface area contributed by atoms with Gasteiger partial charge in [-0.25, -0.2) is 4.79 Å². The molecule has 1 atom stereocenters. The third kappa shape index (κ3) is 4.21. The first-order valence-corrected chi connectivity index (χ1v) is 7.93. The number of fused-ring (bicyclic) bond motifs is 1. The molecule has 0 saturated carbocycles. The van der Waals surface area contributed by atoms with Gasteiger partial charge in [-0.1, -0.05) is 0 Å². The lowest BCUT2D eigenvalue weighted by molar-refractivity contribution is 0.0528. The van der Waals surface area contributed by atoms with Crippen LogP contribution in [0.3, 0.4) is 0 Å². The molecular weight excluding hydrogens is 274 g/mol. The first-order chi connectivity index (χ1) is 9.35. The third-order valence-electron chi connectivity index (χ3n) is 3.17. The van der Waals surface area contributed by atoms with Gasteiger partial charge in [-0.05, 0) is 58.1 Å². The van der Waals surface area contributed by atoms with E-state index >= 15 is 0 Å². The van der Waals surface area contributed by atoms with E-state index in [1.165, 1.54) is 9.75 Å². The van der Waals surface area contributed by atoms with E-state index in [1.54, 1.807) is 11.3 Å². The molecule has 20 heavy (non-hydrogen) atoms. The van der Waals surface area contributed by atoms with Crippen molar-refractivity contribution in [1.29, 1.82) is 0 Å². The van der Waals surface area contributed by atoms with Crippen molar-refractivity contribution in [3.05, 3.63) is 21.4 Å². The van der Waals surface area contributed by atoms with Crippen molar-refractivity contribution in [1.82, 2.24) is 5.32 Å². The van der Waals surface area contributed by atoms with Crippen LogP contribution in [-0.2, 0) is 17.6 Å². The predicted octanol–water partition coefficient (Wildman–Crippen LogP) is 3.19. The van der Waals surface area contributed by atoms with Crippen LogP contribution >= 0.6 is 11.3 Å². The van der Waals surface area contributed by atoms with E-state index in [-0.39, 0.29) is 12.2 Å². The Morgan fingerprint density at radius 3 is 2.95 bits per heavy atom. The number of ether oxygens (including phenoxy) is 1. The van der Waals surface area contributed by atoms with Crippen molar-refractivity contribution in [2.75, 3.05) is 6.54 Å². The highest BCUT2D eigenvalue weighted by Gasteiger charge is 2.21. The quantitative estimate of drug-likeness (QED) is 0.901. The van der Waals surface area contributed by atoms with E-state index in [2.05, 4.69) is 11.4 Å². The molecule has 1 aromatic heterocycles. The SMILES string of the molecule is CC(C)(C)OC(=O)NCCc1cc2c(s1)CCCC2O. The van der Waals surface area contributed by atoms with Crippen LogP contribution in [0.15, 0.2) is 6.07 Å². The number of nitrogens with one attached hydrogen (secondary N) is 1. The number of carbonyl (C=O) groups excluding carboxylic acids is 1. The number of rotatable bonds is 3. The molecular formula is C15H23NO3S. The molecule has 2 rings (SSSR count). The molecule has 1 amide bonds. The predicted molar refractivity (Wildman–Crippen MR) is 80.2 cm³/mol. The van der Waals surface area contributed by atoms with Crippen molar-refractivity contribution in [3.63, 3.8) is 0 Å². The van der Waals surface area contributed by atoms with E-state index in [0.717, 1.165) is 31.2 Å². The van der Waals surface area contributed by atoms with Crippen LogP contribution in [0.25, 0.3) is 0 Å². The van der Waals surface area contributed by atoms with Crippen molar-refractivity contribution in [3.8, 4) is 0 Å². The molecule has 0 spiro atoms. The minimum atomic E-state index is -0.462. The maximum Gasteiger partial charge on any atom is 0.407 e. The zero-order valence-electron chi connectivity index (χ0n) is 12.4. The summed E-state index contributed by atoms with van der Waals surface area (Å²) in [7, 11) is 0. The lowest BCUT2D eigenvalue weighted by Gasteiger charge is -2.19. The monoisotopic (exact) mass is 297 g/mol. The van der Waals surface area contributed by atoms with Gasteiger partial charge >= 0.3 is 6.09 Å². The van der Waals surface area contributed by atoms with Gasteiger partial charge in [0.1, 0.15) is 5.60 Å². The van der Waals surface area contributed by atoms with Crippen LogP contribution in [0.1, 0.15) is 55.0 Å². The van der Waals surface area contributed by atoms with E-state index in [4.69, 9.17) is 4.74 Å². The van der Waals surface area contributed by atoms with Crippen LogP contribution in [0.4, 0.5) is 4.79 Å².